The number of hydrogen-bond donors (Lipinski definition) is 1. The molecule has 2 aromatic rings. The molecule has 0 fully saturated rings. The maximum Gasteiger partial charge on any atom is 0.127 e. The van der Waals surface area contributed by atoms with Crippen molar-refractivity contribution >= 4 is 27.5 Å². The Balaban J connectivity index is 2.16. The van der Waals surface area contributed by atoms with Crippen LogP contribution in [-0.2, 0) is 12.8 Å². The van der Waals surface area contributed by atoms with Crippen LogP contribution in [0, 0.1) is 11.7 Å². The molecule has 0 bridgehead atoms. The van der Waals surface area contributed by atoms with Crippen molar-refractivity contribution in [3.8, 4) is 0 Å². The first-order chi connectivity index (χ1) is 9.61. The minimum atomic E-state index is -0.317. The quantitative estimate of drug-likeness (QED) is 0.827. The third-order valence-corrected chi connectivity index (χ3v) is 4.41. The van der Waals surface area contributed by atoms with Gasteiger partial charge in [0.15, 0.2) is 0 Å². The molecule has 4 heteroatoms. The predicted molar refractivity (Wildman–Crippen MR) is 83.5 cm³/mol. The number of rotatable bonds is 5. The molecule has 0 aromatic heterocycles. The van der Waals surface area contributed by atoms with E-state index in [9.17, 15) is 9.50 Å². The van der Waals surface area contributed by atoms with Crippen LogP contribution in [0.1, 0.15) is 11.1 Å². The van der Waals surface area contributed by atoms with Gasteiger partial charge in [-0.15, -0.1) is 0 Å². The van der Waals surface area contributed by atoms with Crippen molar-refractivity contribution in [1.82, 2.24) is 0 Å². The zero-order valence-corrected chi connectivity index (χ0v) is 13.2. The third-order valence-electron chi connectivity index (χ3n) is 3.28. The molecule has 0 amide bonds. The van der Waals surface area contributed by atoms with Gasteiger partial charge in [0.05, 0.1) is 0 Å². The molecule has 0 saturated heterocycles. The predicted octanol–water partition coefficient (Wildman–Crippen LogP) is 4.64. The van der Waals surface area contributed by atoms with Gasteiger partial charge in [-0.2, -0.15) is 0 Å². The number of aliphatic hydroxyl groups is 1. The van der Waals surface area contributed by atoms with Crippen molar-refractivity contribution in [1.29, 1.82) is 0 Å². The van der Waals surface area contributed by atoms with Crippen LogP contribution in [0.15, 0.2) is 46.9 Å². The Kier molecular flexibility index (Phi) is 5.58. The van der Waals surface area contributed by atoms with Gasteiger partial charge in [0.1, 0.15) is 5.82 Å². The molecule has 1 nitrogen and oxygen atoms in total. The van der Waals surface area contributed by atoms with Crippen molar-refractivity contribution in [3.63, 3.8) is 0 Å². The minimum Gasteiger partial charge on any atom is -0.396 e. The first-order valence-electron chi connectivity index (χ1n) is 6.39. The van der Waals surface area contributed by atoms with Crippen molar-refractivity contribution in [2.24, 2.45) is 5.92 Å². The lowest BCUT2D eigenvalue weighted by Gasteiger charge is -2.16. The minimum absolute atomic E-state index is 0.00794. The average molecular weight is 358 g/mol. The van der Waals surface area contributed by atoms with E-state index in [0.717, 1.165) is 10.0 Å². The lowest BCUT2D eigenvalue weighted by molar-refractivity contribution is 0.224. The molecule has 0 aliphatic heterocycles. The van der Waals surface area contributed by atoms with Crippen molar-refractivity contribution in [3.05, 3.63) is 68.9 Å². The smallest absolute Gasteiger partial charge is 0.127 e. The zero-order chi connectivity index (χ0) is 14.5. The summed E-state index contributed by atoms with van der Waals surface area (Å²) in [6.45, 7) is -0.00794. The molecule has 0 aliphatic rings. The second-order valence-corrected chi connectivity index (χ2v) is 6.01. The van der Waals surface area contributed by atoms with E-state index in [1.165, 1.54) is 6.07 Å². The van der Waals surface area contributed by atoms with Crippen LogP contribution in [0.4, 0.5) is 4.39 Å². The van der Waals surface area contributed by atoms with Gasteiger partial charge in [0.25, 0.3) is 0 Å². The summed E-state index contributed by atoms with van der Waals surface area (Å²) in [5, 5.41) is 9.95. The summed E-state index contributed by atoms with van der Waals surface area (Å²) in [6.07, 6.45) is 1.09. The van der Waals surface area contributed by atoms with Gasteiger partial charge in [0.2, 0.25) is 0 Å². The van der Waals surface area contributed by atoms with E-state index >= 15 is 0 Å². The van der Waals surface area contributed by atoms with E-state index < -0.39 is 0 Å². The lowest BCUT2D eigenvalue weighted by atomic mass is 9.93. The molecule has 0 radical (unpaired) electrons. The monoisotopic (exact) mass is 356 g/mol. The first-order valence-corrected chi connectivity index (χ1v) is 7.56. The molecule has 0 aliphatic carbocycles. The molecule has 2 aromatic carbocycles. The molecule has 1 atom stereocenters. The lowest BCUT2D eigenvalue weighted by Crippen LogP contribution is -2.14. The highest BCUT2D eigenvalue weighted by Gasteiger charge is 2.16. The van der Waals surface area contributed by atoms with Gasteiger partial charge in [-0.1, -0.05) is 51.8 Å². The zero-order valence-electron chi connectivity index (χ0n) is 10.8. The molecule has 0 spiro atoms. The van der Waals surface area contributed by atoms with E-state index in [0.29, 0.717) is 23.4 Å². The van der Waals surface area contributed by atoms with E-state index in [2.05, 4.69) is 15.9 Å². The highest BCUT2D eigenvalue weighted by molar-refractivity contribution is 9.10. The standard InChI is InChI=1S/C16H15BrClFO/c17-14-5-2-1-4-12(14)8-11(10-20)9-13-15(18)6-3-7-16(13)19/h1-7,11,20H,8-10H2. The average Bonchev–Trinajstić information content (AvgIpc) is 2.44. The second-order valence-electron chi connectivity index (χ2n) is 4.75. The van der Waals surface area contributed by atoms with Crippen molar-refractivity contribution in [2.45, 2.75) is 12.8 Å². The van der Waals surface area contributed by atoms with Crippen LogP contribution >= 0.6 is 27.5 Å². The van der Waals surface area contributed by atoms with E-state index in [-0.39, 0.29) is 18.3 Å². The fourth-order valence-corrected chi connectivity index (χ4v) is 2.88. The molecular weight excluding hydrogens is 343 g/mol. The molecule has 0 saturated carbocycles. The fourth-order valence-electron chi connectivity index (χ4n) is 2.19. The van der Waals surface area contributed by atoms with E-state index in [1.54, 1.807) is 12.1 Å². The SMILES string of the molecule is OCC(Cc1ccccc1Br)Cc1c(F)cccc1Cl. The molecule has 20 heavy (non-hydrogen) atoms. The van der Waals surface area contributed by atoms with Gasteiger partial charge in [0, 0.05) is 21.7 Å². The Morgan fingerprint density at radius 1 is 1.10 bits per heavy atom. The van der Waals surface area contributed by atoms with Crippen LogP contribution in [0.5, 0.6) is 0 Å². The van der Waals surface area contributed by atoms with Gasteiger partial charge >= 0.3 is 0 Å². The van der Waals surface area contributed by atoms with Crippen LogP contribution in [-0.4, -0.2) is 11.7 Å². The third kappa shape index (κ3) is 3.81. The maximum atomic E-state index is 13.8. The summed E-state index contributed by atoms with van der Waals surface area (Å²) in [5.41, 5.74) is 1.57. The van der Waals surface area contributed by atoms with Gasteiger partial charge in [-0.05, 0) is 42.5 Å². The molecule has 1 N–H and O–H groups in total. The summed E-state index contributed by atoms with van der Waals surface area (Å²) < 4.78 is 14.8. The summed E-state index contributed by atoms with van der Waals surface area (Å²) in [4.78, 5) is 0. The van der Waals surface area contributed by atoms with Gasteiger partial charge < -0.3 is 5.11 Å². The summed E-state index contributed by atoms with van der Waals surface area (Å²) >= 11 is 9.52. The number of hydrogen-bond acceptors (Lipinski definition) is 1. The summed E-state index contributed by atoms with van der Waals surface area (Å²) in [5.74, 6) is -0.383. The first kappa shape index (κ1) is 15.5. The van der Waals surface area contributed by atoms with Crippen LogP contribution in [0.2, 0.25) is 5.02 Å². The second kappa shape index (κ2) is 7.21. The van der Waals surface area contributed by atoms with Crippen molar-refractivity contribution < 1.29 is 9.50 Å². The molecule has 1 unspecified atom stereocenters. The number of halogens is 3. The Bertz CT molecular complexity index is 568. The Morgan fingerprint density at radius 3 is 2.50 bits per heavy atom. The summed E-state index contributed by atoms with van der Waals surface area (Å²) in [7, 11) is 0. The molecule has 106 valence electrons. The molecule has 0 heterocycles. The van der Waals surface area contributed by atoms with Crippen molar-refractivity contribution in [2.75, 3.05) is 6.61 Å². The van der Waals surface area contributed by atoms with Crippen LogP contribution < -0.4 is 0 Å². The Morgan fingerprint density at radius 2 is 1.85 bits per heavy atom. The normalized spacial score (nSPS) is 12.4. The topological polar surface area (TPSA) is 20.2 Å². The van der Waals surface area contributed by atoms with E-state index in [4.69, 9.17) is 11.6 Å². The highest BCUT2D eigenvalue weighted by atomic mass is 79.9. The van der Waals surface area contributed by atoms with Gasteiger partial charge in [-0.3, -0.25) is 0 Å². The maximum absolute atomic E-state index is 13.8. The Labute approximate surface area is 131 Å². The largest absolute Gasteiger partial charge is 0.396 e. The van der Waals surface area contributed by atoms with Crippen LogP contribution in [0.25, 0.3) is 0 Å². The molecular formula is C16H15BrClFO. The molecule has 2 rings (SSSR count). The fraction of sp³-hybridized carbons (Fsp3) is 0.250. The van der Waals surface area contributed by atoms with Crippen LogP contribution in [0.3, 0.4) is 0 Å². The number of benzene rings is 2. The summed E-state index contributed by atoms with van der Waals surface area (Å²) in [6, 6.07) is 12.5. The Hall–Kier alpha value is -0.900. The highest BCUT2D eigenvalue weighted by Crippen LogP contribution is 2.25. The van der Waals surface area contributed by atoms with E-state index in [1.807, 2.05) is 24.3 Å². The number of aliphatic hydroxyl groups excluding tert-OH is 1. The van der Waals surface area contributed by atoms with Gasteiger partial charge in [-0.25, -0.2) is 4.39 Å².